The van der Waals surface area contributed by atoms with E-state index in [9.17, 15) is 4.79 Å². The number of nitrogens with zero attached hydrogens (tertiary/aromatic N) is 2. The van der Waals surface area contributed by atoms with Crippen LogP contribution in [-0.4, -0.2) is 35.6 Å². The summed E-state index contributed by atoms with van der Waals surface area (Å²) in [7, 11) is 1.74. The lowest BCUT2D eigenvalue weighted by Crippen LogP contribution is -2.35. The molecule has 0 spiro atoms. The zero-order valence-electron chi connectivity index (χ0n) is 15.1. The number of benzene rings is 1. The SMILES string of the molecule is COCC[C@@H]1CN(C(=O)Cc2csc3ccccc23)Cc2cccn2C1. The minimum Gasteiger partial charge on any atom is -0.385 e. The van der Waals surface area contributed by atoms with E-state index < -0.39 is 0 Å². The summed E-state index contributed by atoms with van der Waals surface area (Å²) < 4.78 is 8.81. The van der Waals surface area contributed by atoms with Crippen LogP contribution in [0.5, 0.6) is 0 Å². The van der Waals surface area contributed by atoms with Gasteiger partial charge in [0, 0.05) is 43.4 Å². The second-order valence-corrected chi connectivity index (χ2v) is 7.92. The van der Waals surface area contributed by atoms with Gasteiger partial charge in [-0.2, -0.15) is 0 Å². The normalized spacial score (nSPS) is 17.3. The number of amides is 1. The summed E-state index contributed by atoms with van der Waals surface area (Å²) >= 11 is 1.72. The maximum Gasteiger partial charge on any atom is 0.227 e. The van der Waals surface area contributed by atoms with Gasteiger partial charge >= 0.3 is 0 Å². The van der Waals surface area contributed by atoms with Crippen molar-refractivity contribution < 1.29 is 9.53 Å². The first-order chi connectivity index (χ1) is 12.7. The zero-order valence-corrected chi connectivity index (χ0v) is 15.9. The molecule has 136 valence electrons. The maximum absolute atomic E-state index is 13.1. The molecule has 0 N–H and O–H groups in total. The van der Waals surface area contributed by atoms with Crippen molar-refractivity contribution >= 4 is 27.3 Å². The smallest absolute Gasteiger partial charge is 0.227 e. The van der Waals surface area contributed by atoms with Crippen molar-refractivity contribution in [2.45, 2.75) is 25.9 Å². The molecular weight excluding hydrogens is 344 g/mol. The molecule has 1 atom stereocenters. The van der Waals surface area contributed by atoms with Crippen LogP contribution in [0.15, 0.2) is 48.0 Å². The molecule has 3 aromatic rings. The van der Waals surface area contributed by atoms with Crippen molar-refractivity contribution in [3.05, 3.63) is 59.2 Å². The average Bonchev–Trinajstić information content (AvgIpc) is 3.22. The molecule has 1 aliphatic rings. The van der Waals surface area contributed by atoms with Crippen LogP contribution in [0.4, 0.5) is 0 Å². The third-order valence-electron chi connectivity index (χ3n) is 5.20. The van der Waals surface area contributed by atoms with Crippen LogP contribution in [0, 0.1) is 5.92 Å². The predicted molar refractivity (Wildman–Crippen MR) is 105 cm³/mol. The molecule has 4 nitrogen and oxygen atoms in total. The van der Waals surface area contributed by atoms with E-state index >= 15 is 0 Å². The number of hydrogen-bond donors (Lipinski definition) is 0. The predicted octanol–water partition coefficient (Wildman–Crippen LogP) is 3.94. The van der Waals surface area contributed by atoms with Gasteiger partial charge in [0.05, 0.1) is 13.0 Å². The van der Waals surface area contributed by atoms with Crippen molar-refractivity contribution in [1.29, 1.82) is 0 Å². The fourth-order valence-electron chi connectivity index (χ4n) is 3.78. The van der Waals surface area contributed by atoms with E-state index in [0.29, 0.717) is 18.9 Å². The van der Waals surface area contributed by atoms with Crippen LogP contribution in [0.2, 0.25) is 0 Å². The number of rotatable bonds is 5. The maximum atomic E-state index is 13.1. The monoisotopic (exact) mass is 368 g/mol. The van der Waals surface area contributed by atoms with E-state index in [0.717, 1.165) is 31.7 Å². The first-order valence-corrected chi connectivity index (χ1v) is 9.98. The van der Waals surface area contributed by atoms with Crippen molar-refractivity contribution in [1.82, 2.24) is 9.47 Å². The molecule has 1 aromatic carbocycles. The third-order valence-corrected chi connectivity index (χ3v) is 6.21. The molecule has 2 aromatic heterocycles. The topological polar surface area (TPSA) is 34.5 Å². The number of ether oxygens (including phenoxy) is 1. The molecule has 0 saturated heterocycles. The molecule has 0 fully saturated rings. The highest BCUT2D eigenvalue weighted by atomic mass is 32.1. The van der Waals surface area contributed by atoms with E-state index in [1.807, 2.05) is 17.0 Å². The second-order valence-electron chi connectivity index (χ2n) is 7.01. The lowest BCUT2D eigenvalue weighted by Gasteiger charge is -2.24. The first-order valence-electron chi connectivity index (χ1n) is 9.10. The summed E-state index contributed by atoms with van der Waals surface area (Å²) in [4.78, 5) is 15.1. The summed E-state index contributed by atoms with van der Waals surface area (Å²) in [5.41, 5.74) is 2.36. The molecule has 0 aliphatic carbocycles. The number of aromatic nitrogens is 1. The standard InChI is InChI=1S/C21H24N2O2S/c1-25-10-8-16-12-22-9-4-5-18(22)14-23(13-16)21(24)11-17-15-26-20-7-3-2-6-19(17)20/h2-7,9,15-16H,8,10-14H2,1H3/t16-/m0/s1. The first kappa shape index (κ1) is 17.3. The van der Waals surface area contributed by atoms with Crippen molar-refractivity contribution in [3.8, 4) is 0 Å². The molecule has 0 bridgehead atoms. The minimum absolute atomic E-state index is 0.214. The van der Waals surface area contributed by atoms with Gasteiger partial charge in [-0.3, -0.25) is 4.79 Å². The fraction of sp³-hybridized carbons (Fsp3) is 0.381. The highest BCUT2D eigenvalue weighted by Gasteiger charge is 2.25. The largest absolute Gasteiger partial charge is 0.385 e. The highest BCUT2D eigenvalue weighted by Crippen LogP contribution is 2.27. The Morgan fingerprint density at radius 2 is 2.12 bits per heavy atom. The molecule has 4 rings (SSSR count). The Morgan fingerprint density at radius 1 is 1.23 bits per heavy atom. The molecule has 3 heterocycles. The summed E-state index contributed by atoms with van der Waals surface area (Å²) in [5, 5.41) is 3.34. The molecular formula is C21H24N2O2S. The van der Waals surface area contributed by atoms with Gasteiger partial charge in [-0.1, -0.05) is 18.2 Å². The molecule has 1 amide bonds. The Bertz CT molecular complexity index is 898. The number of fused-ring (bicyclic) bond motifs is 2. The van der Waals surface area contributed by atoms with Crippen LogP contribution >= 0.6 is 11.3 Å². The van der Waals surface area contributed by atoms with Crippen LogP contribution in [0.1, 0.15) is 17.7 Å². The van der Waals surface area contributed by atoms with Gasteiger partial charge in [0.2, 0.25) is 5.91 Å². The lowest BCUT2D eigenvalue weighted by molar-refractivity contribution is -0.131. The van der Waals surface area contributed by atoms with E-state index in [-0.39, 0.29) is 5.91 Å². The van der Waals surface area contributed by atoms with Gasteiger partial charge in [-0.05, 0) is 46.9 Å². The van der Waals surface area contributed by atoms with Crippen molar-refractivity contribution in [3.63, 3.8) is 0 Å². The molecule has 0 radical (unpaired) electrons. The number of hydrogen-bond acceptors (Lipinski definition) is 3. The number of carbonyl (C=O) groups is 1. The van der Waals surface area contributed by atoms with E-state index in [1.165, 1.54) is 15.8 Å². The van der Waals surface area contributed by atoms with Crippen LogP contribution in [-0.2, 0) is 29.0 Å². The molecule has 1 aliphatic heterocycles. The molecule has 0 saturated carbocycles. The summed E-state index contributed by atoms with van der Waals surface area (Å²) in [5.74, 6) is 0.636. The Morgan fingerprint density at radius 3 is 3.00 bits per heavy atom. The Balaban J connectivity index is 1.54. The van der Waals surface area contributed by atoms with Crippen LogP contribution in [0.25, 0.3) is 10.1 Å². The second kappa shape index (κ2) is 7.64. The minimum atomic E-state index is 0.214. The lowest BCUT2D eigenvalue weighted by atomic mass is 10.0. The quantitative estimate of drug-likeness (QED) is 0.684. The van der Waals surface area contributed by atoms with E-state index in [4.69, 9.17) is 4.74 Å². The molecule has 26 heavy (non-hydrogen) atoms. The Kier molecular flexibility index (Phi) is 5.09. The number of thiophene rings is 1. The van der Waals surface area contributed by atoms with Gasteiger partial charge in [0.25, 0.3) is 0 Å². The molecule has 0 unspecified atom stereocenters. The van der Waals surface area contributed by atoms with Gasteiger partial charge in [-0.25, -0.2) is 0 Å². The van der Waals surface area contributed by atoms with E-state index in [1.54, 1.807) is 18.4 Å². The van der Waals surface area contributed by atoms with Crippen molar-refractivity contribution in [2.24, 2.45) is 5.92 Å². The highest BCUT2D eigenvalue weighted by molar-refractivity contribution is 7.17. The Hall–Kier alpha value is -2.11. The number of methoxy groups -OCH3 is 1. The average molecular weight is 369 g/mol. The zero-order chi connectivity index (χ0) is 17.9. The fourth-order valence-corrected chi connectivity index (χ4v) is 4.74. The van der Waals surface area contributed by atoms with E-state index in [2.05, 4.69) is 40.4 Å². The third kappa shape index (κ3) is 3.55. The van der Waals surface area contributed by atoms with Crippen molar-refractivity contribution in [2.75, 3.05) is 20.3 Å². The van der Waals surface area contributed by atoms with Gasteiger partial charge in [-0.15, -0.1) is 11.3 Å². The van der Waals surface area contributed by atoms with Gasteiger partial charge in [0.15, 0.2) is 0 Å². The van der Waals surface area contributed by atoms with Crippen LogP contribution in [0.3, 0.4) is 0 Å². The van der Waals surface area contributed by atoms with Crippen LogP contribution < -0.4 is 0 Å². The number of carbonyl (C=O) groups excluding carboxylic acids is 1. The van der Waals surface area contributed by atoms with Gasteiger partial charge < -0.3 is 14.2 Å². The molecule has 5 heteroatoms. The van der Waals surface area contributed by atoms with Gasteiger partial charge in [0.1, 0.15) is 0 Å². The summed E-state index contributed by atoms with van der Waals surface area (Å²) in [6.45, 7) is 3.18. The summed E-state index contributed by atoms with van der Waals surface area (Å²) in [6, 6.07) is 12.5. The Labute approximate surface area is 158 Å². The summed E-state index contributed by atoms with van der Waals surface area (Å²) in [6.07, 6.45) is 3.57.